The number of benzene rings is 2. The summed E-state index contributed by atoms with van der Waals surface area (Å²) in [6, 6.07) is 13.6. The third-order valence-corrected chi connectivity index (χ3v) is 5.39. The lowest BCUT2D eigenvalue weighted by Gasteiger charge is -2.17. The third-order valence-electron chi connectivity index (χ3n) is 4.26. The molecule has 5 nitrogen and oxygen atoms in total. The quantitative estimate of drug-likeness (QED) is 0.823. The second-order valence-electron chi connectivity index (χ2n) is 6.67. The first-order valence-corrected chi connectivity index (χ1v) is 9.95. The molecule has 2 aromatic carbocycles. The molecule has 0 aromatic heterocycles. The molecule has 136 valence electrons. The van der Waals surface area contributed by atoms with Gasteiger partial charge in [0.05, 0.1) is 17.6 Å². The van der Waals surface area contributed by atoms with E-state index in [2.05, 4.69) is 0 Å². The van der Waals surface area contributed by atoms with Crippen LogP contribution >= 0.6 is 0 Å². The van der Waals surface area contributed by atoms with Crippen molar-refractivity contribution in [1.29, 1.82) is 0 Å². The Morgan fingerprint density at radius 2 is 1.65 bits per heavy atom. The summed E-state index contributed by atoms with van der Waals surface area (Å²) in [7, 11) is -1.73. The van der Waals surface area contributed by atoms with E-state index in [-0.39, 0.29) is 10.7 Å². The Morgan fingerprint density at radius 3 is 2.23 bits per heavy atom. The number of hydrogen-bond acceptors (Lipinski definition) is 5. The van der Waals surface area contributed by atoms with Gasteiger partial charge >= 0.3 is 0 Å². The zero-order valence-electron chi connectivity index (χ0n) is 15.1. The minimum absolute atomic E-state index is 0.132. The van der Waals surface area contributed by atoms with E-state index in [1.54, 1.807) is 45.2 Å². The van der Waals surface area contributed by atoms with Crippen molar-refractivity contribution in [3.05, 3.63) is 59.7 Å². The summed E-state index contributed by atoms with van der Waals surface area (Å²) in [5, 5.41) is 0. The van der Waals surface area contributed by atoms with E-state index in [0.717, 1.165) is 6.26 Å². The molecule has 0 saturated carbocycles. The summed E-state index contributed by atoms with van der Waals surface area (Å²) >= 11 is 0. The maximum Gasteiger partial charge on any atom is 0.210 e. The number of carbonyl (C=O) groups is 1. The Hall–Kier alpha value is -2.60. The first-order chi connectivity index (χ1) is 12.1. The molecular weight excluding hydrogens is 352 g/mol. The SMILES string of the molecule is COc1cccc(C2=C(c3ccc(S(C)(=O)=O)cc3)OC(C)(C)C2=O)c1. The van der Waals surface area contributed by atoms with Gasteiger partial charge in [-0.25, -0.2) is 8.42 Å². The molecule has 0 aliphatic carbocycles. The molecule has 0 bridgehead atoms. The maximum absolute atomic E-state index is 12.9. The third kappa shape index (κ3) is 3.24. The average Bonchev–Trinajstić information content (AvgIpc) is 2.84. The predicted octanol–water partition coefficient (Wildman–Crippen LogP) is 3.34. The van der Waals surface area contributed by atoms with Gasteiger partial charge in [0.2, 0.25) is 5.78 Å². The van der Waals surface area contributed by atoms with Gasteiger partial charge in [-0.15, -0.1) is 0 Å². The second kappa shape index (κ2) is 6.29. The standard InChI is InChI=1S/C20H20O5S/c1-20(2)19(21)17(14-6-5-7-15(12-14)24-3)18(25-20)13-8-10-16(11-9-13)26(4,22)23/h5-12H,1-4H3. The Bertz CT molecular complexity index is 999. The van der Waals surface area contributed by atoms with Crippen LogP contribution in [-0.2, 0) is 19.4 Å². The van der Waals surface area contributed by atoms with Crippen molar-refractivity contribution in [1.82, 2.24) is 0 Å². The highest BCUT2D eigenvalue weighted by atomic mass is 32.2. The van der Waals surface area contributed by atoms with Crippen LogP contribution in [0.3, 0.4) is 0 Å². The molecule has 2 aromatic rings. The van der Waals surface area contributed by atoms with Gasteiger partial charge < -0.3 is 9.47 Å². The molecule has 1 heterocycles. The fraction of sp³-hybridized carbons (Fsp3) is 0.250. The molecule has 0 atom stereocenters. The van der Waals surface area contributed by atoms with Crippen molar-refractivity contribution < 1.29 is 22.7 Å². The first kappa shape index (κ1) is 18.2. The summed E-state index contributed by atoms with van der Waals surface area (Å²) in [6.07, 6.45) is 1.15. The monoisotopic (exact) mass is 372 g/mol. The van der Waals surface area contributed by atoms with Crippen molar-refractivity contribution in [3.63, 3.8) is 0 Å². The highest BCUT2D eigenvalue weighted by Gasteiger charge is 2.42. The van der Waals surface area contributed by atoms with Crippen LogP contribution in [0.1, 0.15) is 25.0 Å². The van der Waals surface area contributed by atoms with Crippen LogP contribution in [0, 0.1) is 0 Å². The van der Waals surface area contributed by atoms with E-state index in [1.165, 1.54) is 12.1 Å². The molecule has 3 rings (SSSR count). The zero-order chi connectivity index (χ0) is 19.1. The second-order valence-corrected chi connectivity index (χ2v) is 8.69. The van der Waals surface area contributed by atoms with Crippen LogP contribution in [0.15, 0.2) is 53.4 Å². The van der Waals surface area contributed by atoms with E-state index >= 15 is 0 Å². The van der Waals surface area contributed by atoms with Crippen molar-refractivity contribution in [3.8, 4) is 5.75 Å². The highest BCUT2D eigenvalue weighted by molar-refractivity contribution is 7.90. The molecule has 0 unspecified atom stereocenters. The van der Waals surface area contributed by atoms with Crippen LogP contribution in [-0.4, -0.2) is 33.2 Å². The van der Waals surface area contributed by atoms with E-state index in [1.807, 2.05) is 12.1 Å². The van der Waals surface area contributed by atoms with Gasteiger partial charge in [0, 0.05) is 11.8 Å². The molecule has 1 aliphatic heterocycles. The number of methoxy groups -OCH3 is 1. The minimum atomic E-state index is -3.29. The van der Waals surface area contributed by atoms with Gasteiger partial charge in [0.1, 0.15) is 11.5 Å². The van der Waals surface area contributed by atoms with E-state index in [0.29, 0.717) is 28.2 Å². The van der Waals surface area contributed by atoms with Gasteiger partial charge in [-0.2, -0.15) is 0 Å². The van der Waals surface area contributed by atoms with Crippen LogP contribution in [0.4, 0.5) is 0 Å². The van der Waals surface area contributed by atoms with Crippen molar-refractivity contribution in [2.24, 2.45) is 0 Å². The molecule has 0 radical (unpaired) electrons. The lowest BCUT2D eigenvalue weighted by molar-refractivity contribution is -0.125. The topological polar surface area (TPSA) is 69.7 Å². The molecule has 0 fully saturated rings. The Morgan fingerprint density at radius 1 is 1.00 bits per heavy atom. The smallest absolute Gasteiger partial charge is 0.210 e. The molecule has 0 saturated heterocycles. The molecular formula is C20H20O5S. The highest BCUT2D eigenvalue weighted by Crippen LogP contribution is 2.41. The Kier molecular flexibility index (Phi) is 4.40. The fourth-order valence-electron chi connectivity index (χ4n) is 2.85. The van der Waals surface area contributed by atoms with Crippen LogP contribution in [0.25, 0.3) is 11.3 Å². The van der Waals surface area contributed by atoms with E-state index < -0.39 is 15.4 Å². The number of ether oxygens (including phenoxy) is 2. The van der Waals surface area contributed by atoms with Crippen LogP contribution < -0.4 is 4.74 Å². The molecule has 0 spiro atoms. The summed E-state index contributed by atoms with van der Waals surface area (Å²) in [5.74, 6) is 0.945. The molecule has 26 heavy (non-hydrogen) atoms. The number of rotatable bonds is 4. The summed E-state index contributed by atoms with van der Waals surface area (Å²) in [5.41, 5.74) is 0.806. The normalized spacial score (nSPS) is 16.5. The largest absolute Gasteiger partial charge is 0.497 e. The van der Waals surface area contributed by atoms with Crippen molar-refractivity contribution >= 4 is 27.0 Å². The summed E-state index contributed by atoms with van der Waals surface area (Å²) in [4.78, 5) is 13.1. The number of Topliss-reactive ketones (excluding diaryl/α,β-unsaturated/α-hetero) is 1. The lowest BCUT2D eigenvalue weighted by atomic mass is 9.92. The Labute approximate surface area is 153 Å². The van der Waals surface area contributed by atoms with Crippen LogP contribution in [0.2, 0.25) is 0 Å². The molecule has 1 aliphatic rings. The van der Waals surface area contributed by atoms with Crippen molar-refractivity contribution in [2.75, 3.05) is 13.4 Å². The number of hydrogen-bond donors (Lipinski definition) is 0. The Balaban J connectivity index is 2.16. The number of ketones is 1. The molecule has 0 N–H and O–H groups in total. The zero-order valence-corrected chi connectivity index (χ0v) is 15.9. The summed E-state index contributed by atoms with van der Waals surface area (Å²) in [6.45, 7) is 3.43. The number of sulfone groups is 1. The van der Waals surface area contributed by atoms with E-state index in [4.69, 9.17) is 9.47 Å². The number of carbonyl (C=O) groups excluding carboxylic acids is 1. The van der Waals surface area contributed by atoms with Gasteiger partial charge in [0.25, 0.3) is 0 Å². The van der Waals surface area contributed by atoms with Crippen molar-refractivity contribution in [2.45, 2.75) is 24.3 Å². The predicted molar refractivity (Wildman–Crippen MR) is 99.5 cm³/mol. The van der Waals surface area contributed by atoms with E-state index in [9.17, 15) is 13.2 Å². The fourth-order valence-corrected chi connectivity index (χ4v) is 3.48. The molecule has 6 heteroatoms. The van der Waals surface area contributed by atoms with Crippen LogP contribution in [0.5, 0.6) is 5.75 Å². The molecule has 0 amide bonds. The minimum Gasteiger partial charge on any atom is -0.497 e. The average molecular weight is 372 g/mol. The lowest BCUT2D eigenvalue weighted by Crippen LogP contribution is -2.29. The van der Waals surface area contributed by atoms with Gasteiger partial charge in [-0.1, -0.05) is 12.1 Å². The maximum atomic E-state index is 12.9. The van der Waals surface area contributed by atoms with Gasteiger partial charge in [-0.3, -0.25) is 4.79 Å². The van der Waals surface area contributed by atoms with Gasteiger partial charge in [0.15, 0.2) is 15.4 Å². The summed E-state index contributed by atoms with van der Waals surface area (Å²) < 4.78 is 34.5. The van der Waals surface area contributed by atoms with Gasteiger partial charge in [-0.05, 0) is 55.8 Å². The first-order valence-electron chi connectivity index (χ1n) is 8.06.